The van der Waals surface area contributed by atoms with Gasteiger partial charge in [0.2, 0.25) is 0 Å². The van der Waals surface area contributed by atoms with Gasteiger partial charge >= 0.3 is 6.03 Å². The zero-order chi connectivity index (χ0) is 24.2. The predicted octanol–water partition coefficient (Wildman–Crippen LogP) is 4.47. The first-order chi connectivity index (χ1) is 17.0. The zero-order valence-electron chi connectivity index (χ0n) is 21.1. The zero-order valence-corrected chi connectivity index (χ0v) is 21.1. The minimum Gasteiger partial charge on any atom is -0.309 e. The average molecular weight is 472 g/mol. The molecule has 0 aromatic heterocycles. The summed E-state index contributed by atoms with van der Waals surface area (Å²) in [5, 5.41) is 0. The molecule has 0 saturated carbocycles. The van der Waals surface area contributed by atoms with E-state index < -0.39 is 5.54 Å². The van der Waals surface area contributed by atoms with Crippen molar-refractivity contribution in [3.8, 4) is 0 Å². The van der Waals surface area contributed by atoms with Crippen LogP contribution in [0.4, 0.5) is 4.79 Å². The Morgan fingerprint density at radius 2 is 1.37 bits per heavy atom. The van der Waals surface area contributed by atoms with Crippen LogP contribution in [0.25, 0.3) is 0 Å². The summed E-state index contributed by atoms with van der Waals surface area (Å²) in [5.74, 6) is 0.395. The maximum Gasteiger partial charge on any atom is 0.327 e. The van der Waals surface area contributed by atoms with Gasteiger partial charge in [-0.05, 0) is 73.1 Å². The molecule has 2 aliphatic carbocycles. The van der Waals surface area contributed by atoms with Crippen molar-refractivity contribution in [3.05, 3.63) is 70.8 Å². The molecule has 184 valence electrons. The second-order valence-electron chi connectivity index (χ2n) is 11.5. The van der Waals surface area contributed by atoms with E-state index in [1.165, 1.54) is 28.7 Å². The van der Waals surface area contributed by atoms with Gasteiger partial charge in [-0.1, -0.05) is 62.4 Å². The van der Waals surface area contributed by atoms with Gasteiger partial charge in [-0.15, -0.1) is 0 Å². The molecule has 3 amide bonds. The lowest BCUT2D eigenvalue weighted by Crippen LogP contribution is -2.59. The van der Waals surface area contributed by atoms with E-state index >= 15 is 0 Å². The van der Waals surface area contributed by atoms with Gasteiger partial charge < -0.3 is 4.90 Å². The number of hydrogen-bond donors (Lipinski definition) is 0. The van der Waals surface area contributed by atoms with Crippen LogP contribution in [-0.4, -0.2) is 63.9 Å². The average Bonchev–Trinajstić information content (AvgIpc) is 3.37. The quantitative estimate of drug-likeness (QED) is 0.618. The Bertz CT molecular complexity index is 1110. The van der Waals surface area contributed by atoms with Crippen LogP contribution in [0.5, 0.6) is 0 Å². The minimum absolute atomic E-state index is 0.0469. The fourth-order valence-electron chi connectivity index (χ4n) is 7.13. The third-order valence-electron chi connectivity index (χ3n) is 8.98. The number of amides is 3. The molecule has 2 aliphatic heterocycles. The molecule has 1 unspecified atom stereocenters. The van der Waals surface area contributed by atoms with Crippen molar-refractivity contribution >= 4 is 11.9 Å². The van der Waals surface area contributed by atoms with Gasteiger partial charge in [0.05, 0.1) is 0 Å². The molecular weight excluding hydrogens is 434 g/mol. The first-order valence-corrected chi connectivity index (χ1v) is 13.5. The highest BCUT2D eigenvalue weighted by Crippen LogP contribution is 2.42. The SMILES string of the molecule is CC(C)CN1C(=O)N(C2Cc3ccccc3C2)C(=O)C12CCN(C1CCc3ccccc3C1)CC2. The van der Waals surface area contributed by atoms with Crippen LogP contribution in [-0.2, 0) is 30.5 Å². The van der Waals surface area contributed by atoms with Crippen molar-refractivity contribution in [3.63, 3.8) is 0 Å². The predicted molar refractivity (Wildman–Crippen MR) is 137 cm³/mol. The Balaban J connectivity index is 1.21. The number of rotatable bonds is 4. The molecule has 0 bridgehead atoms. The van der Waals surface area contributed by atoms with Gasteiger partial charge in [-0.3, -0.25) is 14.6 Å². The maximum atomic E-state index is 14.1. The lowest BCUT2D eigenvalue weighted by molar-refractivity contribution is -0.137. The van der Waals surface area contributed by atoms with Crippen molar-refractivity contribution in [1.82, 2.24) is 14.7 Å². The minimum atomic E-state index is -0.667. The van der Waals surface area contributed by atoms with Crippen LogP contribution in [0.1, 0.15) is 55.4 Å². The van der Waals surface area contributed by atoms with Crippen LogP contribution in [0, 0.1) is 5.92 Å². The Morgan fingerprint density at radius 1 is 0.829 bits per heavy atom. The standard InChI is InChI=1S/C30H37N3O2/c1-21(2)20-32-29(35)33(27-18-24-9-5-6-10-25(24)19-27)28(34)30(32)13-15-31(16-14-30)26-12-11-22-7-3-4-8-23(22)17-26/h3-10,21,26-27H,11-20H2,1-2H3. The number of carbonyl (C=O) groups excluding carboxylic acids is 2. The van der Waals surface area contributed by atoms with E-state index in [0.717, 1.165) is 51.6 Å². The van der Waals surface area contributed by atoms with E-state index in [1.807, 2.05) is 4.90 Å². The number of carbonyl (C=O) groups is 2. The number of hydrogen-bond acceptors (Lipinski definition) is 3. The summed E-state index contributed by atoms with van der Waals surface area (Å²) in [6, 6.07) is 17.7. The van der Waals surface area contributed by atoms with Gasteiger partial charge in [0.15, 0.2) is 0 Å². The van der Waals surface area contributed by atoms with Gasteiger partial charge in [0.25, 0.3) is 5.91 Å². The summed E-state index contributed by atoms with van der Waals surface area (Å²) in [6.45, 7) is 6.72. The van der Waals surface area contributed by atoms with Crippen LogP contribution in [0.2, 0.25) is 0 Å². The number of benzene rings is 2. The largest absolute Gasteiger partial charge is 0.327 e. The lowest BCUT2D eigenvalue weighted by atomic mass is 9.82. The number of fused-ring (bicyclic) bond motifs is 2. The van der Waals surface area contributed by atoms with Crippen LogP contribution >= 0.6 is 0 Å². The van der Waals surface area contributed by atoms with E-state index in [1.54, 1.807) is 4.90 Å². The Hall–Kier alpha value is -2.66. The first kappa shape index (κ1) is 22.8. The summed E-state index contributed by atoms with van der Waals surface area (Å²) in [4.78, 5) is 34.1. The number of nitrogens with zero attached hydrogens (tertiary/aromatic N) is 3. The molecule has 1 spiro atoms. The molecule has 4 aliphatic rings. The molecule has 5 nitrogen and oxygen atoms in total. The highest BCUT2D eigenvalue weighted by molar-refractivity contribution is 6.07. The fraction of sp³-hybridized carbons (Fsp3) is 0.533. The van der Waals surface area contributed by atoms with Gasteiger partial charge in [0, 0.05) is 31.7 Å². The lowest BCUT2D eigenvalue weighted by Gasteiger charge is -2.46. The fourth-order valence-corrected chi connectivity index (χ4v) is 7.13. The molecule has 2 heterocycles. The second kappa shape index (κ2) is 8.77. The van der Waals surface area contributed by atoms with Gasteiger partial charge in [0.1, 0.15) is 5.54 Å². The van der Waals surface area contributed by atoms with E-state index in [2.05, 4.69) is 67.3 Å². The van der Waals surface area contributed by atoms with Crippen molar-refractivity contribution in [1.29, 1.82) is 0 Å². The third-order valence-corrected chi connectivity index (χ3v) is 8.98. The molecule has 35 heavy (non-hydrogen) atoms. The molecule has 2 fully saturated rings. The van der Waals surface area contributed by atoms with Gasteiger partial charge in [-0.2, -0.15) is 0 Å². The Labute approximate surface area is 209 Å². The van der Waals surface area contributed by atoms with E-state index in [0.29, 0.717) is 18.5 Å². The number of imide groups is 1. The van der Waals surface area contributed by atoms with Gasteiger partial charge in [-0.25, -0.2) is 4.79 Å². The van der Waals surface area contributed by atoms with Crippen LogP contribution in [0.3, 0.4) is 0 Å². The molecular formula is C30H37N3O2. The van der Waals surface area contributed by atoms with Crippen LogP contribution in [0.15, 0.2) is 48.5 Å². The number of urea groups is 1. The highest BCUT2D eigenvalue weighted by atomic mass is 16.2. The monoisotopic (exact) mass is 471 g/mol. The molecule has 2 aromatic rings. The summed E-state index contributed by atoms with van der Waals surface area (Å²) in [6.07, 6.45) is 6.48. The topological polar surface area (TPSA) is 43.9 Å². The summed E-state index contributed by atoms with van der Waals surface area (Å²) in [5.41, 5.74) is 4.86. The molecule has 2 aromatic carbocycles. The third kappa shape index (κ3) is 3.79. The highest BCUT2D eigenvalue weighted by Gasteiger charge is 2.60. The van der Waals surface area contributed by atoms with E-state index in [9.17, 15) is 9.59 Å². The number of likely N-dealkylation sites (tertiary alicyclic amines) is 1. The Kier molecular flexibility index (Phi) is 5.71. The summed E-state index contributed by atoms with van der Waals surface area (Å²) < 4.78 is 0. The Morgan fingerprint density at radius 3 is 1.97 bits per heavy atom. The smallest absolute Gasteiger partial charge is 0.309 e. The van der Waals surface area contributed by atoms with Crippen molar-refractivity contribution < 1.29 is 9.59 Å². The van der Waals surface area contributed by atoms with Crippen molar-refractivity contribution in [2.24, 2.45) is 5.92 Å². The summed E-state index contributed by atoms with van der Waals surface area (Å²) >= 11 is 0. The van der Waals surface area contributed by atoms with E-state index in [-0.39, 0.29) is 18.0 Å². The molecule has 1 atom stereocenters. The van der Waals surface area contributed by atoms with Crippen LogP contribution < -0.4 is 0 Å². The molecule has 5 heteroatoms. The number of piperidine rings is 1. The first-order valence-electron chi connectivity index (χ1n) is 13.5. The summed E-state index contributed by atoms with van der Waals surface area (Å²) in [7, 11) is 0. The maximum absolute atomic E-state index is 14.1. The van der Waals surface area contributed by atoms with Crippen molar-refractivity contribution in [2.75, 3.05) is 19.6 Å². The molecule has 0 radical (unpaired) electrons. The normalized spacial score (nSPS) is 24.5. The van der Waals surface area contributed by atoms with Crippen molar-refractivity contribution in [2.45, 2.75) is 76.4 Å². The number of aryl methyl sites for hydroxylation is 1. The molecule has 6 rings (SSSR count). The second-order valence-corrected chi connectivity index (χ2v) is 11.5. The molecule has 2 saturated heterocycles. The molecule has 0 N–H and O–H groups in total. The van der Waals surface area contributed by atoms with E-state index in [4.69, 9.17) is 0 Å².